The molecule has 0 saturated carbocycles. The average Bonchev–Trinajstić information content (AvgIpc) is 2.06. The van der Waals surface area contributed by atoms with E-state index >= 15 is 0 Å². The Morgan fingerprint density at radius 1 is 1.75 bits per heavy atom. The first-order valence-electron chi connectivity index (χ1n) is 3.13. The molecule has 0 saturated heterocycles. The highest BCUT2D eigenvalue weighted by atomic mass is 19.1. The summed E-state index contributed by atoms with van der Waals surface area (Å²) in [5, 5.41) is 8.12. The summed E-state index contributed by atoms with van der Waals surface area (Å²) < 4.78 is 16.7. The van der Waals surface area contributed by atoms with Crippen molar-refractivity contribution < 1.29 is 19.0 Å². The maximum atomic E-state index is 12.4. The highest BCUT2D eigenvalue weighted by molar-refractivity contribution is 5.70. The van der Waals surface area contributed by atoms with Crippen molar-refractivity contribution in [3.8, 4) is 5.75 Å². The number of rotatable bonds is 3. The summed E-state index contributed by atoms with van der Waals surface area (Å²) in [7, 11) is 0. The number of carbonyl (C=O) groups is 1. The Morgan fingerprint density at radius 3 is 3.00 bits per heavy atom. The largest absolute Gasteiger partial charge is 0.476 e. The third-order valence-electron chi connectivity index (χ3n) is 1.07. The van der Waals surface area contributed by atoms with Crippen LogP contribution in [0.3, 0.4) is 0 Å². The third-order valence-corrected chi connectivity index (χ3v) is 1.07. The Labute approximate surface area is 67.6 Å². The summed E-state index contributed by atoms with van der Waals surface area (Å²) >= 11 is 0. The molecule has 12 heavy (non-hydrogen) atoms. The fourth-order valence-electron chi connectivity index (χ4n) is 0.587. The number of hydrogen-bond donors (Lipinski definition) is 1. The molecule has 4 nitrogen and oxygen atoms in total. The van der Waals surface area contributed by atoms with Crippen molar-refractivity contribution in [1.82, 2.24) is 4.98 Å². The summed E-state index contributed by atoms with van der Waals surface area (Å²) in [5.41, 5.74) is 0. The first-order chi connectivity index (χ1) is 5.70. The number of hydrogen-bond acceptors (Lipinski definition) is 3. The van der Waals surface area contributed by atoms with Gasteiger partial charge in [-0.1, -0.05) is 0 Å². The molecule has 0 radical (unpaired) electrons. The minimum atomic E-state index is -2.34. The van der Waals surface area contributed by atoms with Crippen molar-refractivity contribution in [3.05, 3.63) is 24.5 Å². The van der Waals surface area contributed by atoms with Crippen LogP contribution in [0.15, 0.2) is 24.5 Å². The Kier molecular flexibility index (Phi) is 2.57. The van der Waals surface area contributed by atoms with Crippen LogP contribution in [0.1, 0.15) is 0 Å². The van der Waals surface area contributed by atoms with E-state index in [9.17, 15) is 9.18 Å². The van der Waals surface area contributed by atoms with E-state index in [1.165, 1.54) is 24.5 Å². The second kappa shape index (κ2) is 3.66. The number of pyridine rings is 1. The summed E-state index contributed by atoms with van der Waals surface area (Å²) in [5.74, 6) is -1.56. The number of ether oxygens (including phenoxy) is 1. The quantitative estimate of drug-likeness (QED) is 0.732. The number of carboxylic acids is 1. The monoisotopic (exact) mass is 171 g/mol. The first kappa shape index (κ1) is 8.45. The topological polar surface area (TPSA) is 59.4 Å². The maximum Gasteiger partial charge on any atom is 0.378 e. The van der Waals surface area contributed by atoms with Gasteiger partial charge in [0.05, 0.1) is 6.20 Å². The van der Waals surface area contributed by atoms with E-state index in [1.54, 1.807) is 0 Å². The lowest BCUT2D eigenvalue weighted by Crippen LogP contribution is -2.21. The first-order valence-corrected chi connectivity index (χ1v) is 3.13. The summed E-state index contributed by atoms with van der Waals surface area (Å²) in [6.07, 6.45) is 0.366. The van der Waals surface area contributed by atoms with Crippen LogP contribution in [-0.2, 0) is 4.79 Å². The molecule has 0 bridgehead atoms. The molecule has 1 aromatic rings. The fourth-order valence-corrected chi connectivity index (χ4v) is 0.587. The third kappa shape index (κ3) is 2.19. The van der Waals surface area contributed by atoms with E-state index < -0.39 is 12.3 Å². The molecule has 1 aromatic heterocycles. The number of alkyl halides is 1. The molecule has 0 aliphatic heterocycles. The SMILES string of the molecule is O=C(O)C(F)Oc1cccnc1. The van der Waals surface area contributed by atoms with Gasteiger partial charge < -0.3 is 9.84 Å². The zero-order valence-electron chi connectivity index (χ0n) is 5.98. The predicted octanol–water partition coefficient (Wildman–Crippen LogP) is 0.841. The van der Waals surface area contributed by atoms with Crippen LogP contribution in [0, 0.1) is 0 Å². The number of nitrogens with zero attached hydrogens (tertiary/aromatic N) is 1. The zero-order valence-corrected chi connectivity index (χ0v) is 5.98. The molecule has 0 aromatic carbocycles. The molecule has 1 N–H and O–H groups in total. The minimum Gasteiger partial charge on any atom is -0.476 e. The van der Waals surface area contributed by atoms with E-state index in [0.29, 0.717) is 0 Å². The minimum absolute atomic E-state index is 0.0902. The molecule has 64 valence electrons. The Bertz CT molecular complexity index is 265. The van der Waals surface area contributed by atoms with E-state index in [-0.39, 0.29) is 5.75 Å². The lowest BCUT2D eigenvalue weighted by atomic mass is 10.5. The van der Waals surface area contributed by atoms with Crippen LogP contribution in [0.2, 0.25) is 0 Å². The van der Waals surface area contributed by atoms with E-state index in [2.05, 4.69) is 9.72 Å². The molecule has 0 amide bonds. The molecule has 0 aliphatic carbocycles. The van der Waals surface area contributed by atoms with Gasteiger partial charge in [0.25, 0.3) is 0 Å². The smallest absolute Gasteiger partial charge is 0.378 e. The molecule has 0 fully saturated rings. The van der Waals surface area contributed by atoms with E-state index in [4.69, 9.17) is 5.11 Å². The Morgan fingerprint density at radius 2 is 2.50 bits per heavy atom. The number of halogens is 1. The van der Waals surface area contributed by atoms with Gasteiger partial charge in [-0.3, -0.25) is 4.98 Å². The lowest BCUT2D eigenvalue weighted by molar-refractivity contribution is -0.153. The van der Waals surface area contributed by atoms with Gasteiger partial charge in [-0.2, -0.15) is 4.39 Å². The fraction of sp³-hybridized carbons (Fsp3) is 0.143. The van der Waals surface area contributed by atoms with Crippen molar-refractivity contribution in [2.75, 3.05) is 0 Å². The lowest BCUT2D eigenvalue weighted by Gasteiger charge is -2.05. The van der Waals surface area contributed by atoms with Crippen LogP contribution in [0.25, 0.3) is 0 Å². The second-order valence-corrected chi connectivity index (χ2v) is 1.96. The van der Waals surface area contributed by atoms with E-state index in [0.717, 1.165) is 0 Å². The molecule has 1 atom stereocenters. The highest BCUT2D eigenvalue weighted by Crippen LogP contribution is 2.09. The molecular weight excluding hydrogens is 165 g/mol. The Hall–Kier alpha value is -1.65. The van der Waals surface area contributed by atoms with Gasteiger partial charge in [0, 0.05) is 6.20 Å². The van der Waals surface area contributed by atoms with Gasteiger partial charge in [0.15, 0.2) is 0 Å². The van der Waals surface area contributed by atoms with Gasteiger partial charge >= 0.3 is 12.3 Å². The second-order valence-electron chi connectivity index (χ2n) is 1.96. The van der Waals surface area contributed by atoms with Gasteiger partial charge in [0.2, 0.25) is 0 Å². The van der Waals surface area contributed by atoms with Crippen molar-refractivity contribution in [2.24, 2.45) is 0 Å². The summed E-state index contributed by atoms with van der Waals surface area (Å²) in [6, 6.07) is 2.94. The van der Waals surface area contributed by atoms with Gasteiger partial charge in [-0.15, -0.1) is 0 Å². The Balaban J connectivity index is 2.58. The normalized spacial score (nSPS) is 12.1. The van der Waals surface area contributed by atoms with Crippen molar-refractivity contribution in [3.63, 3.8) is 0 Å². The zero-order chi connectivity index (χ0) is 8.97. The van der Waals surface area contributed by atoms with Crippen molar-refractivity contribution in [1.29, 1.82) is 0 Å². The highest BCUT2D eigenvalue weighted by Gasteiger charge is 2.16. The number of carboxylic acid groups (broad SMARTS) is 1. The van der Waals surface area contributed by atoms with Crippen LogP contribution in [0.5, 0.6) is 5.75 Å². The van der Waals surface area contributed by atoms with Gasteiger partial charge in [0.1, 0.15) is 5.75 Å². The average molecular weight is 171 g/mol. The molecular formula is C7H6FNO3. The van der Waals surface area contributed by atoms with E-state index in [1.807, 2.05) is 0 Å². The summed E-state index contributed by atoms with van der Waals surface area (Å²) in [4.78, 5) is 13.6. The number of aromatic nitrogens is 1. The van der Waals surface area contributed by atoms with Gasteiger partial charge in [-0.05, 0) is 12.1 Å². The van der Waals surface area contributed by atoms with Gasteiger partial charge in [-0.25, -0.2) is 4.79 Å². The van der Waals surface area contributed by atoms with Crippen LogP contribution in [-0.4, -0.2) is 22.4 Å². The molecule has 5 heteroatoms. The van der Waals surface area contributed by atoms with Crippen LogP contribution < -0.4 is 4.74 Å². The molecule has 1 heterocycles. The standard InChI is InChI=1S/C7H6FNO3/c8-6(7(10)11)12-5-2-1-3-9-4-5/h1-4,6H,(H,10,11). The van der Waals surface area contributed by atoms with Crippen molar-refractivity contribution >= 4 is 5.97 Å². The van der Waals surface area contributed by atoms with Crippen LogP contribution >= 0.6 is 0 Å². The molecule has 1 rings (SSSR count). The van der Waals surface area contributed by atoms with Crippen LogP contribution in [0.4, 0.5) is 4.39 Å². The molecule has 0 aliphatic rings. The molecule has 0 spiro atoms. The van der Waals surface area contributed by atoms with Crippen molar-refractivity contribution in [2.45, 2.75) is 6.36 Å². The summed E-state index contributed by atoms with van der Waals surface area (Å²) in [6.45, 7) is 0. The number of aliphatic carboxylic acids is 1. The molecule has 1 unspecified atom stereocenters. The maximum absolute atomic E-state index is 12.4. The predicted molar refractivity (Wildman–Crippen MR) is 37.4 cm³/mol.